The molecule has 2 rings (SSSR count). The van der Waals surface area contributed by atoms with Crippen LogP contribution in [0.4, 0.5) is 8.78 Å². The first-order valence-electron chi connectivity index (χ1n) is 6.96. The maximum atomic E-state index is 12.3. The van der Waals surface area contributed by atoms with Gasteiger partial charge in [-0.2, -0.15) is 8.78 Å². The Bertz CT molecular complexity index is 480. The number of aliphatic hydroxyl groups is 1. The molecular formula is C15H21F2NO3. The monoisotopic (exact) mass is 301 g/mol. The van der Waals surface area contributed by atoms with E-state index in [2.05, 4.69) is 9.64 Å². The molecule has 1 N–H and O–H groups in total. The summed E-state index contributed by atoms with van der Waals surface area (Å²) in [5.74, 6) is 0.318. The second kappa shape index (κ2) is 6.58. The van der Waals surface area contributed by atoms with Crippen LogP contribution >= 0.6 is 0 Å². The maximum Gasteiger partial charge on any atom is 0.387 e. The summed E-state index contributed by atoms with van der Waals surface area (Å²) >= 11 is 0. The summed E-state index contributed by atoms with van der Waals surface area (Å²) in [6.45, 7) is 1.11. The lowest BCUT2D eigenvalue weighted by Crippen LogP contribution is -2.45. The van der Waals surface area contributed by atoms with E-state index in [0.717, 1.165) is 24.9 Å². The molecule has 21 heavy (non-hydrogen) atoms. The van der Waals surface area contributed by atoms with Crippen molar-refractivity contribution in [3.05, 3.63) is 23.8 Å². The Morgan fingerprint density at radius 2 is 2.14 bits per heavy atom. The van der Waals surface area contributed by atoms with Crippen molar-refractivity contribution in [2.24, 2.45) is 0 Å². The molecule has 4 nitrogen and oxygen atoms in total. The van der Waals surface area contributed by atoms with Gasteiger partial charge in [0.2, 0.25) is 0 Å². The van der Waals surface area contributed by atoms with E-state index >= 15 is 0 Å². The quantitative estimate of drug-likeness (QED) is 0.908. The fraction of sp³-hybridized carbons (Fsp3) is 0.600. The minimum atomic E-state index is -2.87. The number of piperidine rings is 1. The third kappa shape index (κ3) is 4.54. The first-order chi connectivity index (χ1) is 9.89. The van der Waals surface area contributed by atoms with Gasteiger partial charge >= 0.3 is 6.61 Å². The molecule has 0 bridgehead atoms. The Kier molecular flexibility index (Phi) is 5.00. The second-order valence-corrected chi connectivity index (χ2v) is 5.67. The molecule has 1 aromatic rings. The minimum absolute atomic E-state index is 0.0295. The van der Waals surface area contributed by atoms with Gasteiger partial charge in [0.15, 0.2) is 11.5 Å². The summed E-state index contributed by atoms with van der Waals surface area (Å²) in [6, 6.07) is 4.92. The van der Waals surface area contributed by atoms with Crippen molar-refractivity contribution < 1.29 is 23.4 Å². The predicted octanol–water partition coefficient (Wildman–Crippen LogP) is 2.64. The molecule has 1 heterocycles. The van der Waals surface area contributed by atoms with Crippen molar-refractivity contribution in [2.45, 2.75) is 38.5 Å². The fourth-order valence-corrected chi connectivity index (χ4v) is 2.72. The van der Waals surface area contributed by atoms with Gasteiger partial charge in [0.05, 0.1) is 12.7 Å². The molecule has 1 fully saturated rings. The Labute approximate surface area is 123 Å². The van der Waals surface area contributed by atoms with Crippen LogP contribution in [0.25, 0.3) is 0 Å². The van der Waals surface area contributed by atoms with Crippen LogP contribution in [0.2, 0.25) is 0 Å². The lowest BCUT2D eigenvalue weighted by molar-refractivity contribution is -0.0512. The Balaban J connectivity index is 2.07. The number of methoxy groups -OCH3 is 1. The van der Waals surface area contributed by atoms with Crippen molar-refractivity contribution in [1.29, 1.82) is 0 Å². The summed E-state index contributed by atoms with van der Waals surface area (Å²) in [5.41, 5.74) is 0.271. The number of halogens is 2. The van der Waals surface area contributed by atoms with E-state index in [1.807, 2.05) is 6.92 Å². The molecule has 0 saturated carbocycles. The SMILES string of the molecule is COc1cc(CN2CCCC(C)(O)C2)ccc1OC(F)F. The standard InChI is InChI=1S/C15H21F2NO3/c1-15(19)6-3-7-18(10-15)9-11-4-5-12(21-14(16)17)13(8-11)20-2/h4-5,8,14,19H,3,6-7,9-10H2,1-2H3. The van der Waals surface area contributed by atoms with Crippen LogP contribution in [0.3, 0.4) is 0 Å². The van der Waals surface area contributed by atoms with Crippen LogP contribution in [0, 0.1) is 0 Å². The summed E-state index contributed by atoms with van der Waals surface area (Å²) in [4.78, 5) is 2.14. The number of ether oxygens (including phenoxy) is 2. The van der Waals surface area contributed by atoms with Gasteiger partial charge in [-0.05, 0) is 44.0 Å². The Morgan fingerprint density at radius 3 is 2.76 bits per heavy atom. The van der Waals surface area contributed by atoms with Crippen LogP contribution in [0.5, 0.6) is 11.5 Å². The molecule has 1 atom stereocenters. The van der Waals surface area contributed by atoms with Crippen LogP contribution < -0.4 is 9.47 Å². The zero-order valence-electron chi connectivity index (χ0n) is 12.3. The highest BCUT2D eigenvalue weighted by Crippen LogP contribution is 2.30. The highest BCUT2D eigenvalue weighted by Gasteiger charge is 2.28. The van der Waals surface area contributed by atoms with Crippen LogP contribution in [0.1, 0.15) is 25.3 Å². The summed E-state index contributed by atoms with van der Waals surface area (Å²) < 4.78 is 34.1. The lowest BCUT2D eigenvalue weighted by Gasteiger charge is -2.36. The Morgan fingerprint density at radius 1 is 1.38 bits per heavy atom. The smallest absolute Gasteiger partial charge is 0.387 e. The van der Waals surface area contributed by atoms with Gasteiger partial charge in [-0.1, -0.05) is 6.07 Å². The summed E-state index contributed by atoms with van der Waals surface area (Å²) in [7, 11) is 1.42. The van der Waals surface area contributed by atoms with Gasteiger partial charge in [0, 0.05) is 13.1 Å². The van der Waals surface area contributed by atoms with Crippen LogP contribution in [-0.2, 0) is 6.54 Å². The molecular weight excluding hydrogens is 280 g/mol. The average molecular weight is 301 g/mol. The number of hydrogen-bond donors (Lipinski definition) is 1. The van der Waals surface area contributed by atoms with Gasteiger partial charge in [-0.25, -0.2) is 0 Å². The molecule has 0 aromatic heterocycles. The molecule has 0 amide bonds. The lowest BCUT2D eigenvalue weighted by atomic mass is 9.95. The maximum absolute atomic E-state index is 12.3. The van der Waals surface area contributed by atoms with Crippen molar-refractivity contribution >= 4 is 0 Å². The van der Waals surface area contributed by atoms with Crippen molar-refractivity contribution in [2.75, 3.05) is 20.2 Å². The number of likely N-dealkylation sites (tertiary alicyclic amines) is 1. The fourth-order valence-electron chi connectivity index (χ4n) is 2.72. The van der Waals surface area contributed by atoms with Crippen LogP contribution in [0.15, 0.2) is 18.2 Å². The third-order valence-corrected chi connectivity index (χ3v) is 3.60. The largest absolute Gasteiger partial charge is 0.493 e. The second-order valence-electron chi connectivity index (χ2n) is 5.67. The van der Waals surface area contributed by atoms with E-state index < -0.39 is 12.2 Å². The molecule has 1 aromatic carbocycles. The normalized spacial score (nSPS) is 23.3. The minimum Gasteiger partial charge on any atom is -0.493 e. The number of β-amino-alcohol motifs (C(OH)–C–C–N with tert-alkyl or cyclic N) is 1. The molecule has 118 valence electrons. The van der Waals surface area contributed by atoms with Crippen molar-refractivity contribution in [3.8, 4) is 11.5 Å². The number of rotatable bonds is 5. The predicted molar refractivity (Wildman–Crippen MR) is 74.8 cm³/mol. The van der Waals surface area contributed by atoms with Crippen LogP contribution in [-0.4, -0.2) is 42.4 Å². The van der Waals surface area contributed by atoms with Gasteiger partial charge in [-0.15, -0.1) is 0 Å². The first kappa shape index (κ1) is 16.0. The molecule has 1 unspecified atom stereocenters. The molecule has 6 heteroatoms. The van der Waals surface area contributed by atoms with E-state index in [4.69, 9.17) is 4.74 Å². The van der Waals surface area contributed by atoms with Gasteiger partial charge in [0.1, 0.15) is 0 Å². The summed E-state index contributed by atoms with van der Waals surface area (Å²) in [5, 5.41) is 10.1. The topological polar surface area (TPSA) is 41.9 Å². The molecule has 1 aliphatic rings. The van der Waals surface area contributed by atoms with Gasteiger partial charge in [0.25, 0.3) is 0 Å². The number of alkyl halides is 2. The van der Waals surface area contributed by atoms with Crippen molar-refractivity contribution in [3.63, 3.8) is 0 Å². The van der Waals surface area contributed by atoms with E-state index in [0.29, 0.717) is 13.1 Å². The average Bonchev–Trinajstić information content (AvgIpc) is 2.38. The third-order valence-electron chi connectivity index (χ3n) is 3.60. The van der Waals surface area contributed by atoms with E-state index in [1.54, 1.807) is 12.1 Å². The Hall–Kier alpha value is -1.40. The van der Waals surface area contributed by atoms with Gasteiger partial charge < -0.3 is 14.6 Å². The molecule has 0 aliphatic carbocycles. The number of nitrogens with zero attached hydrogens (tertiary/aromatic N) is 1. The van der Waals surface area contributed by atoms with Gasteiger partial charge in [-0.3, -0.25) is 4.90 Å². The molecule has 0 spiro atoms. The highest BCUT2D eigenvalue weighted by atomic mass is 19.3. The first-order valence-corrected chi connectivity index (χ1v) is 6.96. The van der Waals surface area contributed by atoms with E-state index in [-0.39, 0.29) is 11.5 Å². The van der Waals surface area contributed by atoms with Crippen molar-refractivity contribution in [1.82, 2.24) is 4.90 Å². The number of benzene rings is 1. The summed E-state index contributed by atoms with van der Waals surface area (Å²) in [6.07, 6.45) is 1.74. The zero-order valence-corrected chi connectivity index (χ0v) is 12.3. The highest BCUT2D eigenvalue weighted by molar-refractivity contribution is 5.43. The van der Waals surface area contributed by atoms with E-state index in [1.165, 1.54) is 13.2 Å². The molecule has 1 aliphatic heterocycles. The zero-order chi connectivity index (χ0) is 15.5. The molecule has 0 radical (unpaired) electrons. The molecule has 1 saturated heterocycles. The van der Waals surface area contributed by atoms with E-state index in [9.17, 15) is 13.9 Å². The number of hydrogen-bond acceptors (Lipinski definition) is 4.